The number of carbonyl (C=O) groups is 1. The molecule has 0 aliphatic heterocycles. The minimum atomic E-state index is -0.264. The standard InChI is InChI=1S/C11H16N2O2S/c1-8(2)13(3)11(15-4)12-10(14)9-6-5-7-16-9/h5-8H,1-4H3. The highest BCUT2D eigenvalue weighted by molar-refractivity contribution is 7.12. The van der Waals surface area contributed by atoms with E-state index in [0.29, 0.717) is 10.9 Å². The van der Waals surface area contributed by atoms with Gasteiger partial charge in [-0.05, 0) is 25.3 Å². The van der Waals surface area contributed by atoms with Gasteiger partial charge in [0.1, 0.15) is 0 Å². The van der Waals surface area contributed by atoms with Crippen molar-refractivity contribution >= 4 is 23.3 Å². The number of rotatable bonds is 2. The minimum absolute atomic E-state index is 0.231. The Labute approximate surface area is 99.6 Å². The lowest BCUT2D eigenvalue weighted by Crippen LogP contribution is -2.34. The molecule has 0 bridgehead atoms. The molecule has 0 atom stereocenters. The molecule has 5 heteroatoms. The predicted octanol–water partition coefficient (Wildman–Crippen LogP) is 2.23. The molecule has 0 aliphatic carbocycles. The smallest absolute Gasteiger partial charge is 0.295 e. The third kappa shape index (κ3) is 3.06. The molecule has 88 valence electrons. The van der Waals surface area contributed by atoms with Crippen LogP contribution in [0.1, 0.15) is 23.5 Å². The van der Waals surface area contributed by atoms with Crippen LogP contribution < -0.4 is 0 Å². The summed E-state index contributed by atoms with van der Waals surface area (Å²) in [5, 5.41) is 1.85. The first-order valence-corrected chi connectivity index (χ1v) is 5.87. The Balaban J connectivity index is 2.84. The first-order chi connectivity index (χ1) is 7.56. The molecule has 1 aromatic rings. The van der Waals surface area contributed by atoms with Crippen LogP contribution in [-0.2, 0) is 4.74 Å². The molecule has 0 N–H and O–H groups in total. The van der Waals surface area contributed by atoms with E-state index in [4.69, 9.17) is 4.74 Å². The zero-order valence-electron chi connectivity index (χ0n) is 9.93. The molecular weight excluding hydrogens is 224 g/mol. The molecule has 1 rings (SSSR count). The van der Waals surface area contributed by atoms with Crippen molar-refractivity contribution < 1.29 is 9.53 Å². The van der Waals surface area contributed by atoms with E-state index in [9.17, 15) is 4.79 Å². The van der Waals surface area contributed by atoms with Crippen molar-refractivity contribution in [3.63, 3.8) is 0 Å². The first kappa shape index (κ1) is 12.7. The Kier molecular flexibility index (Phi) is 4.49. The van der Waals surface area contributed by atoms with Crippen LogP contribution in [0.5, 0.6) is 0 Å². The van der Waals surface area contributed by atoms with E-state index in [2.05, 4.69) is 4.99 Å². The fourth-order valence-electron chi connectivity index (χ4n) is 1.03. The molecule has 4 nitrogen and oxygen atoms in total. The van der Waals surface area contributed by atoms with Gasteiger partial charge in [-0.2, -0.15) is 4.99 Å². The molecule has 1 amide bonds. The number of carbonyl (C=O) groups excluding carboxylic acids is 1. The lowest BCUT2D eigenvalue weighted by molar-refractivity contribution is 0.0999. The second kappa shape index (κ2) is 5.65. The third-order valence-corrected chi connectivity index (χ3v) is 3.05. The average Bonchev–Trinajstić information content (AvgIpc) is 2.77. The van der Waals surface area contributed by atoms with Crippen molar-refractivity contribution in [1.82, 2.24) is 4.90 Å². The lowest BCUT2D eigenvalue weighted by Gasteiger charge is -2.22. The number of thiophene rings is 1. The molecule has 0 aromatic carbocycles. The summed E-state index contributed by atoms with van der Waals surface area (Å²) in [5.41, 5.74) is 0. The summed E-state index contributed by atoms with van der Waals surface area (Å²) in [5.74, 6) is -0.264. The van der Waals surface area contributed by atoms with Gasteiger partial charge in [0.05, 0.1) is 12.0 Å². The van der Waals surface area contributed by atoms with Gasteiger partial charge in [-0.25, -0.2) is 0 Å². The van der Waals surface area contributed by atoms with Gasteiger partial charge in [0.25, 0.3) is 11.9 Å². The monoisotopic (exact) mass is 240 g/mol. The normalized spacial score (nSPS) is 11.7. The molecule has 0 fully saturated rings. The highest BCUT2D eigenvalue weighted by Gasteiger charge is 2.13. The van der Waals surface area contributed by atoms with Crippen LogP contribution in [0, 0.1) is 0 Å². The fourth-order valence-corrected chi connectivity index (χ4v) is 1.64. The van der Waals surface area contributed by atoms with E-state index < -0.39 is 0 Å². The van der Waals surface area contributed by atoms with E-state index in [0.717, 1.165) is 0 Å². The number of ether oxygens (including phenoxy) is 1. The molecule has 0 aliphatic rings. The SMILES string of the molecule is COC(=NC(=O)c1cccs1)N(C)C(C)C. The summed E-state index contributed by atoms with van der Waals surface area (Å²) in [6.07, 6.45) is 0. The largest absolute Gasteiger partial charge is 0.468 e. The van der Waals surface area contributed by atoms with E-state index in [1.807, 2.05) is 37.2 Å². The van der Waals surface area contributed by atoms with Crippen molar-refractivity contribution in [3.05, 3.63) is 22.4 Å². The Morgan fingerprint density at radius 2 is 2.25 bits per heavy atom. The Hall–Kier alpha value is -1.36. The van der Waals surface area contributed by atoms with Crippen LogP contribution in [0.3, 0.4) is 0 Å². The summed E-state index contributed by atoms with van der Waals surface area (Å²) in [6, 6.07) is 4.15. The van der Waals surface area contributed by atoms with E-state index in [1.165, 1.54) is 18.4 Å². The number of amides is 1. The van der Waals surface area contributed by atoms with Gasteiger partial charge in [0.15, 0.2) is 0 Å². The molecule has 1 aromatic heterocycles. The topological polar surface area (TPSA) is 41.9 Å². The van der Waals surface area contributed by atoms with Crippen molar-refractivity contribution in [2.24, 2.45) is 4.99 Å². The summed E-state index contributed by atoms with van der Waals surface area (Å²) in [4.78, 5) is 18.1. The van der Waals surface area contributed by atoms with Crippen LogP contribution in [0.4, 0.5) is 0 Å². The number of aliphatic imine (C=N–C) groups is 1. The van der Waals surface area contributed by atoms with Crippen LogP contribution in [-0.4, -0.2) is 37.0 Å². The van der Waals surface area contributed by atoms with Gasteiger partial charge in [0, 0.05) is 13.1 Å². The van der Waals surface area contributed by atoms with Crippen molar-refractivity contribution in [2.45, 2.75) is 19.9 Å². The van der Waals surface area contributed by atoms with Gasteiger partial charge in [-0.3, -0.25) is 4.79 Å². The molecular formula is C11H16N2O2S. The van der Waals surface area contributed by atoms with Crippen LogP contribution >= 0.6 is 11.3 Å². The van der Waals surface area contributed by atoms with Gasteiger partial charge in [0.2, 0.25) is 0 Å². The summed E-state index contributed by atoms with van der Waals surface area (Å²) < 4.78 is 5.10. The van der Waals surface area contributed by atoms with Crippen LogP contribution in [0.25, 0.3) is 0 Å². The van der Waals surface area contributed by atoms with Crippen LogP contribution in [0.2, 0.25) is 0 Å². The van der Waals surface area contributed by atoms with Crippen molar-refractivity contribution in [3.8, 4) is 0 Å². The van der Waals surface area contributed by atoms with Gasteiger partial charge >= 0.3 is 0 Å². The highest BCUT2D eigenvalue weighted by Crippen LogP contribution is 2.10. The Morgan fingerprint density at radius 3 is 2.69 bits per heavy atom. The summed E-state index contributed by atoms with van der Waals surface area (Å²) >= 11 is 1.37. The van der Waals surface area contributed by atoms with Gasteiger partial charge in [-0.1, -0.05) is 6.07 Å². The quantitative estimate of drug-likeness (QED) is 0.588. The van der Waals surface area contributed by atoms with Gasteiger partial charge < -0.3 is 9.64 Å². The Morgan fingerprint density at radius 1 is 1.56 bits per heavy atom. The molecule has 0 saturated carbocycles. The molecule has 0 unspecified atom stereocenters. The molecule has 0 radical (unpaired) electrons. The number of hydrogen-bond acceptors (Lipinski definition) is 3. The third-order valence-electron chi connectivity index (χ3n) is 2.19. The fraction of sp³-hybridized carbons (Fsp3) is 0.455. The average molecular weight is 240 g/mol. The Bertz CT molecular complexity index is 371. The van der Waals surface area contributed by atoms with E-state index >= 15 is 0 Å². The zero-order valence-corrected chi connectivity index (χ0v) is 10.7. The number of amidine groups is 1. The summed E-state index contributed by atoms with van der Waals surface area (Å²) in [7, 11) is 3.36. The maximum absolute atomic E-state index is 11.7. The molecule has 0 saturated heterocycles. The number of hydrogen-bond donors (Lipinski definition) is 0. The zero-order chi connectivity index (χ0) is 12.1. The highest BCUT2D eigenvalue weighted by atomic mass is 32.1. The second-order valence-electron chi connectivity index (χ2n) is 3.59. The minimum Gasteiger partial charge on any atom is -0.468 e. The van der Waals surface area contributed by atoms with Crippen molar-refractivity contribution in [2.75, 3.05) is 14.2 Å². The lowest BCUT2D eigenvalue weighted by atomic mass is 10.4. The molecule has 16 heavy (non-hydrogen) atoms. The maximum atomic E-state index is 11.7. The van der Waals surface area contributed by atoms with E-state index in [-0.39, 0.29) is 11.9 Å². The second-order valence-corrected chi connectivity index (χ2v) is 4.53. The maximum Gasteiger partial charge on any atom is 0.295 e. The number of nitrogens with zero attached hydrogens (tertiary/aromatic N) is 2. The molecule has 1 heterocycles. The summed E-state index contributed by atoms with van der Waals surface area (Å²) in [6.45, 7) is 4.01. The predicted molar refractivity (Wildman–Crippen MR) is 66.0 cm³/mol. The number of methoxy groups -OCH3 is 1. The van der Waals surface area contributed by atoms with Crippen molar-refractivity contribution in [1.29, 1.82) is 0 Å². The van der Waals surface area contributed by atoms with Gasteiger partial charge in [-0.15, -0.1) is 11.3 Å². The van der Waals surface area contributed by atoms with Crippen LogP contribution in [0.15, 0.2) is 22.5 Å². The van der Waals surface area contributed by atoms with E-state index in [1.54, 1.807) is 6.07 Å². The first-order valence-electron chi connectivity index (χ1n) is 4.99. The molecule has 0 spiro atoms.